The van der Waals surface area contributed by atoms with Crippen molar-refractivity contribution in [3.8, 4) is 0 Å². The van der Waals surface area contributed by atoms with E-state index in [0.717, 1.165) is 31.6 Å². The van der Waals surface area contributed by atoms with Gasteiger partial charge in [-0.2, -0.15) is 0 Å². The van der Waals surface area contributed by atoms with Gasteiger partial charge in [-0.25, -0.2) is 4.39 Å². The molecule has 1 nitrogen and oxygen atoms in total. The van der Waals surface area contributed by atoms with E-state index in [2.05, 4.69) is 19.1 Å². The van der Waals surface area contributed by atoms with E-state index < -0.39 is 0 Å². The van der Waals surface area contributed by atoms with Gasteiger partial charge in [0.1, 0.15) is 5.82 Å². The second-order valence-corrected chi connectivity index (χ2v) is 5.31. The third-order valence-electron chi connectivity index (χ3n) is 3.92. The average Bonchev–Trinajstić information content (AvgIpc) is 2.46. The van der Waals surface area contributed by atoms with Crippen LogP contribution in [0.25, 0.3) is 0 Å². The van der Waals surface area contributed by atoms with E-state index in [-0.39, 0.29) is 5.82 Å². The maximum atomic E-state index is 12.8. The Kier molecular flexibility index (Phi) is 5.59. The lowest BCUT2D eigenvalue weighted by atomic mass is 9.85. The highest BCUT2D eigenvalue weighted by atomic mass is 19.1. The first-order chi connectivity index (χ1) is 9.29. The van der Waals surface area contributed by atoms with E-state index in [1.165, 1.54) is 25.0 Å². The largest absolute Gasteiger partial charge is 0.381 e. The van der Waals surface area contributed by atoms with E-state index in [1.54, 1.807) is 0 Å². The van der Waals surface area contributed by atoms with Crippen molar-refractivity contribution in [2.24, 2.45) is 11.8 Å². The number of hydrogen-bond donors (Lipinski definition) is 0. The van der Waals surface area contributed by atoms with E-state index in [9.17, 15) is 4.39 Å². The van der Waals surface area contributed by atoms with Crippen LogP contribution in [0.15, 0.2) is 36.4 Å². The Bertz CT molecular complexity index is 390. The number of ether oxygens (including phenoxy) is 1. The molecule has 2 rings (SSSR count). The van der Waals surface area contributed by atoms with Gasteiger partial charge in [-0.05, 0) is 55.2 Å². The predicted molar refractivity (Wildman–Crippen MR) is 76.6 cm³/mol. The molecule has 1 fully saturated rings. The summed E-state index contributed by atoms with van der Waals surface area (Å²) in [6.07, 6.45) is 9.05. The standard InChI is InChI=1S/C17H23FO/c1-2-15(16-7-4-12-19-13-16)6-3-5-14-8-10-17(18)11-9-14/h3,6,8-11,15-16H,2,4-5,7,12-13H2,1H3. The molecule has 0 radical (unpaired) electrons. The van der Waals surface area contributed by atoms with Crippen molar-refractivity contribution in [1.29, 1.82) is 0 Å². The lowest BCUT2D eigenvalue weighted by Gasteiger charge is -2.27. The highest BCUT2D eigenvalue weighted by Gasteiger charge is 2.20. The molecule has 1 saturated heterocycles. The van der Waals surface area contributed by atoms with Crippen LogP contribution in [0.4, 0.5) is 4.39 Å². The van der Waals surface area contributed by atoms with E-state index in [4.69, 9.17) is 4.74 Å². The van der Waals surface area contributed by atoms with Crippen molar-refractivity contribution >= 4 is 0 Å². The van der Waals surface area contributed by atoms with Gasteiger partial charge in [0.2, 0.25) is 0 Å². The summed E-state index contributed by atoms with van der Waals surface area (Å²) < 4.78 is 18.4. The molecule has 1 aromatic carbocycles. The predicted octanol–water partition coefficient (Wildman–Crippen LogP) is 4.38. The zero-order valence-electron chi connectivity index (χ0n) is 11.6. The monoisotopic (exact) mass is 262 g/mol. The van der Waals surface area contributed by atoms with Crippen molar-refractivity contribution in [2.75, 3.05) is 13.2 Å². The zero-order chi connectivity index (χ0) is 13.5. The summed E-state index contributed by atoms with van der Waals surface area (Å²) in [7, 11) is 0. The fraction of sp³-hybridized carbons (Fsp3) is 0.529. The SMILES string of the molecule is CCC(C=CCc1ccc(F)cc1)C1CCCOC1. The van der Waals surface area contributed by atoms with Crippen LogP contribution in [-0.2, 0) is 11.2 Å². The molecule has 1 aliphatic heterocycles. The lowest BCUT2D eigenvalue weighted by Crippen LogP contribution is -2.23. The molecule has 19 heavy (non-hydrogen) atoms. The van der Waals surface area contributed by atoms with Gasteiger partial charge in [0.15, 0.2) is 0 Å². The fourth-order valence-corrected chi connectivity index (χ4v) is 2.73. The van der Waals surface area contributed by atoms with Crippen LogP contribution in [0.2, 0.25) is 0 Å². The third-order valence-corrected chi connectivity index (χ3v) is 3.92. The Hall–Kier alpha value is -1.15. The molecule has 0 aromatic heterocycles. The van der Waals surface area contributed by atoms with Gasteiger partial charge in [0.05, 0.1) is 0 Å². The van der Waals surface area contributed by atoms with Crippen LogP contribution < -0.4 is 0 Å². The van der Waals surface area contributed by atoms with Gasteiger partial charge < -0.3 is 4.74 Å². The van der Waals surface area contributed by atoms with Gasteiger partial charge in [-0.1, -0.05) is 31.2 Å². The molecule has 1 aliphatic rings. The minimum Gasteiger partial charge on any atom is -0.381 e. The van der Waals surface area contributed by atoms with E-state index in [1.807, 2.05) is 12.1 Å². The number of halogens is 1. The Morgan fingerprint density at radius 1 is 1.37 bits per heavy atom. The van der Waals surface area contributed by atoms with Crippen LogP contribution in [-0.4, -0.2) is 13.2 Å². The van der Waals surface area contributed by atoms with E-state index in [0.29, 0.717) is 11.8 Å². The number of benzene rings is 1. The van der Waals surface area contributed by atoms with Gasteiger partial charge in [0, 0.05) is 13.2 Å². The molecular weight excluding hydrogens is 239 g/mol. The van der Waals surface area contributed by atoms with Crippen LogP contribution in [0.3, 0.4) is 0 Å². The van der Waals surface area contributed by atoms with Crippen LogP contribution >= 0.6 is 0 Å². The number of allylic oxidation sites excluding steroid dienone is 2. The first-order valence-corrected chi connectivity index (χ1v) is 7.28. The first kappa shape index (κ1) is 14.3. The minimum absolute atomic E-state index is 0.168. The maximum absolute atomic E-state index is 12.8. The van der Waals surface area contributed by atoms with Crippen LogP contribution in [0.1, 0.15) is 31.7 Å². The normalized spacial score (nSPS) is 21.7. The van der Waals surface area contributed by atoms with Crippen molar-refractivity contribution in [1.82, 2.24) is 0 Å². The summed E-state index contributed by atoms with van der Waals surface area (Å²) in [6.45, 7) is 4.06. The summed E-state index contributed by atoms with van der Waals surface area (Å²) in [4.78, 5) is 0. The zero-order valence-corrected chi connectivity index (χ0v) is 11.6. The van der Waals surface area contributed by atoms with Crippen molar-refractivity contribution in [3.05, 3.63) is 47.8 Å². The van der Waals surface area contributed by atoms with Gasteiger partial charge in [0.25, 0.3) is 0 Å². The van der Waals surface area contributed by atoms with E-state index >= 15 is 0 Å². The third kappa shape index (κ3) is 4.46. The Labute approximate surface area is 115 Å². The molecule has 1 aromatic rings. The molecular formula is C17H23FO. The average molecular weight is 262 g/mol. The van der Waals surface area contributed by atoms with Gasteiger partial charge in [-0.15, -0.1) is 0 Å². The Morgan fingerprint density at radius 2 is 2.16 bits per heavy atom. The minimum atomic E-state index is -0.168. The van der Waals surface area contributed by atoms with Crippen LogP contribution in [0, 0.1) is 17.7 Å². The highest BCUT2D eigenvalue weighted by Crippen LogP contribution is 2.26. The topological polar surface area (TPSA) is 9.23 Å². The quantitative estimate of drug-likeness (QED) is 0.716. The summed E-state index contributed by atoms with van der Waals surface area (Å²) in [6, 6.07) is 6.75. The molecule has 0 amide bonds. The highest BCUT2D eigenvalue weighted by molar-refractivity contribution is 5.18. The Balaban J connectivity index is 1.86. The van der Waals surface area contributed by atoms with Crippen molar-refractivity contribution in [2.45, 2.75) is 32.6 Å². The molecule has 0 N–H and O–H groups in total. The summed E-state index contributed by atoms with van der Waals surface area (Å²) in [5.74, 6) is 1.11. The molecule has 2 atom stereocenters. The smallest absolute Gasteiger partial charge is 0.123 e. The van der Waals surface area contributed by atoms with Crippen LogP contribution in [0.5, 0.6) is 0 Å². The molecule has 1 heterocycles. The molecule has 104 valence electrons. The number of rotatable bonds is 5. The first-order valence-electron chi connectivity index (χ1n) is 7.28. The molecule has 0 spiro atoms. The molecule has 0 aliphatic carbocycles. The molecule has 2 unspecified atom stereocenters. The van der Waals surface area contributed by atoms with Crippen molar-refractivity contribution < 1.29 is 9.13 Å². The van der Waals surface area contributed by atoms with Gasteiger partial charge >= 0.3 is 0 Å². The Morgan fingerprint density at radius 3 is 2.79 bits per heavy atom. The molecule has 0 bridgehead atoms. The lowest BCUT2D eigenvalue weighted by molar-refractivity contribution is 0.0383. The fourth-order valence-electron chi connectivity index (χ4n) is 2.73. The summed E-state index contributed by atoms with van der Waals surface area (Å²) in [5.41, 5.74) is 1.16. The second-order valence-electron chi connectivity index (χ2n) is 5.31. The number of hydrogen-bond acceptors (Lipinski definition) is 1. The second kappa shape index (κ2) is 7.44. The van der Waals surface area contributed by atoms with Gasteiger partial charge in [-0.3, -0.25) is 0 Å². The summed E-state index contributed by atoms with van der Waals surface area (Å²) >= 11 is 0. The molecule has 0 saturated carbocycles. The summed E-state index contributed by atoms with van der Waals surface area (Å²) in [5, 5.41) is 0. The molecule has 2 heteroatoms. The maximum Gasteiger partial charge on any atom is 0.123 e. The van der Waals surface area contributed by atoms with Crippen molar-refractivity contribution in [3.63, 3.8) is 0 Å².